The number of piperidine rings is 1. The molecule has 1 saturated heterocycles. The van der Waals surface area contributed by atoms with Crippen LogP contribution >= 0.6 is 0 Å². The van der Waals surface area contributed by atoms with Gasteiger partial charge in [0, 0.05) is 41.9 Å². The number of hydrogen-bond donors (Lipinski definition) is 0. The van der Waals surface area contributed by atoms with E-state index in [0.29, 0.717) is 17.4 Å². The van der Waals surface area contributed by atoms with Gasteiger partial charge in [0.15, 0.2) is 23.0 Å². The zero-order chi connectivity index (χ0) is 21.2. The standard InChI is InChI=1S/C24H26N4O3/c1-29-21-7-3-6-20(23(21)30-2)18-8-9-22-25-24(26-28(22)15-18)19-5-4-11-27(14-19)13-17-10-12-31-16-17/h3,6-10,12,15-16,19H,4-5,11,13-14H2,1-2H3. The van der Waals surface area contributed by atoms with Gasteiger partial charge in [-0.05, 0) is 43.7 Å². The van der Waals surface area contributed by atoms with Crippen molar-refractivity contribution in [3.8, 4) is 22.6 Å². The van der Waals surface area contributed by atoms with E-state index in [0.717, 1.165) is 55.1 Å². The van der Waals surface area contributed by atoms with Crippen molar-refractivity contribution in [2.24, 2.45) is 0 Å². The fourth-order valence-electron chi connectivity index (χ4n) is 4.40. The number of methoxy groups -OCH3 is 2. The molecule has 1 aliphatic heterocycles. The van der Waals surface area contributed by atoms with Crippen molar-refractivity contribution in [1.29, 1.82) is 0 Å². The number of likely N-dealkylation sites (tertiary alicyclic amines) is 1. The van der Waals surface area contributed by atoms with Crippen molar-refractivity contribution in [3.63, 3.8) is 0 Å². The highest BCUT2D eigenvalue weighted by atomic mass is 16.5. The number of nitrogens with zero attached hydrogens (tertiary/aromatic N) is 4. The highest BCUT2D eigenvalue weighted by molar-refractivity contribution is 5.74. The fourth-order valence-corrected chi connectivity index (χ4v) is 4.40. The Hall–Kier alpha value is -3.32. The molecule has 0 aliphatic carbocycles. The summed E-state index contributed by atoms with van der Waals surface area (Å²) in [6.07, 6.45) is 7.81. The predicted octanol–water partition coefficient (Wildman–Crippen LogP) is 4.39. The summed E-state index contributed by atoms with van der Waals surface area (Å²) < 4.78 is 18.1. The zero-order valence-corrected chi connectivity index (χ0v) is 17.8. The smallest absolute Gasteiger partial charge is 0.168 e. The average molecular weight is 418 g/mol. The molecule has 0 saturated carbocycles. The van der Waals surface area contributed by atoms with Crippen LogP contribution in [0.1, 0.15) is 30.1 Å². The van der Waals surface area contributed by atoms with Gasteiger partial charge in [-0.1, -0.05) is 12.1 Å². The maximum Gasteiger partial charge on any atom is 0.168 e. The van der Waals surface area contributed by atoms with Crippen LogP contribution < -0.4 is 9.47 Å². The molecular formula is C24H26N4O3. The van der Waals surface area contributed by atoms with E-state index < -0.39 is 0 Å². The lowest BCUT2D eigenvalue weighted by atomic mass is 9.97. The van der Waals surface area contributed by atoms with Gasteiger partial charge >= 0.3 is 0 Å². The van der Waals surface area contributed by atoms with E-state index in [4.69, 9.17) is 24.0 Å². The van der Waals surface area contributed by atoms with E-state index >= 15 is 0 Å². The molecule has 1 atom stereocenters. The number of para-hydroxylation sites is 1. The molecule has 1 unspecified atom stereocenters. The molecule has 1 fully saturated rings. The van der Waals surface area contributed by atoms with Crippen LogP contribution in [0, 0.1) is 0 Å². The van der Waals surface area contributed by atoms with E-state index in [-0.39, 0.29) is 0 Å². The summed E-state index contributed by atoms with van der Waals surface area (Å²) in [7, 11) is 3.31. The van der Waals surface area contributed by atoms with Crippen molar-refractivity contribution in [2.75, 3.05) is 27.3 Å². The van der Waals surface area contributed by atoms with Crippen LogP contribution in [-0.4, -0.2) is 46.8 Å². The third-order valence-corrected chi connectivity index (χ3v) is 5.92. The van der Waals surface area contributed by atoms with Gasteiger partial charge in [-0.25, -0.2) is 9.50 Å². The van der Waals surface area contributed by atoms with E-state index in [1.807, 2.05) is 47.3 Å². The van der Waals surface area contributed by atoms with Gasteiger partial charge in [0.1, 0.15) is 0 Å². The highest BCUT2D eigenvalue weighted by Crippen LogP contribution is 2.37. The summed E-state index contributed by atoms with van der Waals surface area (Å²) in [5.41, 5.74) is 4.03. The molecule has 3 aromatic heterocycles. The molecule has 0 radical (unpaired) electrons. The summed E-state index contributed by atoms with van der Waals surface area (Å²) in [6.45, 7) is 2.95. The molecule has 1 aliphatic rings. The lowest BCUT2D eigenvalue weighted by molar-refractivity contribution is 0.196. The number of aromatic nitrogens is 3. The van der Waals surface area contributed by atoms with Crippen molar-refractivity contribution >= 4 is 5.65 Å². The summed E-state index contributed by atoms with van der Waals surface area (Å²) >= 11 is 0. The van der Waals surface area contributed by atoms with Gasteiger partial charge in [-0.15, -0.1) is 0 Å². The summed E-state index contributed by atoms with van der Waals surface area (Å²) in [5.74, 6) is 2.66. The quantitative estimate of drug-likeness (QED) is 0.463. The Balaban J connectivity index is 1.41. The number of rotatable bonds is 6. The molecule has 0 N–H and O–H groups in total. The number of hydrogen-bond acceptors (Lipinski definition) is 6. The first-order valence-corrected chi connectivity index (χ1v) is 10.6. The van der Waals surface area contributed by atoms with E-state index in [9.17, 15) is 0 Å². The minimum Gasteiger partial charge on any atom is -0.493 e. The van der Waals surface area contributed by atoms with Gasteiger partial charge in [0.05, 0.1) is 26.7 Å². The second-order valence-electron chi connectivity index (χ2n) is 7.94. The lowest BCUT2D eigenvalue weighted by Crippen LogP contribution is -2.34. The van der Waals surface area contributed by atoms with E-state index in [2.05, 4.69) is 11.0 Å². The molecule has 4 heterocycles. The molecule has 7 nitrogen and oxygen atoms in total. The third kappa shape index (κ3) is 3.88. The number of benzene rings is 1. The highest BCUT2D eigenvalue weighted by Gasteiger charge is 2.25. The number of furan rings is 1. The van der Waals surface area contributed by atoms with Gasteiger partial charge in [0.25, 0.3) is 0 Å². The molecule has 7 heteroatoms. The van der Waals surface area contributed by atoms with Gasteiger partial charge in [-0.3, -0.25) is 4.90 Å². The minimum atomic E-state index is 0.329. The molecule has 5 rings (SSSR count). The van der Waals surface area contributed by atoms with Crippen molar-refractivity contribution < 1.29 is 13.9 Å². The fraction of sp³-hybridized carbons (Fsp3) is 0.333. The Labute approximate surface area is 181 Å². The number of fused-ring (bicyclic) bond motifs is 1. The van der Waals surface area contributed by atoms with Crippen LogP contribution in [0.3, 0.4) is 0 Å². The predicted molar refractivity (Wildman–Crippen MR) is 117 cm³/mol. The van der Waals surface area contributed by atoms with Crippen LogP contribution in [0.5, 0.6) is 11.5 Å². The van der Waals surface area contributed by atoms with Crippen LogP contribution in [-0.2, 0) is 6.54 Å². The summed E-state index contributed by atoms with van der Waals surface area (Å²) in [6, 6.07) is 12.0. The Kier molecular flexibility index (Phi) is 5.34. The van der Waals surface area contributed by atoms with Crippen LogP contribution in [0.25, 0.3) is 16.8 Å². The van der Waals surface area contributed by atoms with Gasteiger partial charge in [0.2, 0.25) is 0 Å². The topological polar surface area (TPSA) is 65.0 Å². The first-order valence-electron chi connectivity index (χ1n) is 10.6. The van der Waals surface area contributed by atoms with Gasteiger partial charge in [-0.2, -0.15) is 5.10 Å². The summed E-state index contributed by atoms with van der Waals surface area (Å²) in [4.78, 5) is 7.29. The maximum absolute atomic E-state index is 5.61. The molecule has 0 spiro atoms. The third-order valence-electron chi connectivity index (χ3n) is 5.92. The average Bonchev–Trinajstić information content (AvgIpc) is 3.47. The lowest BCUT2D eigenvalue weighted by Gasteiger charge is -2.30. The second kappa shape index (κ2) is 8.43. The molecule has 31 heavy (non-hydrogen) atoms. The van der Waals surface area contributed by atoms with E-state index in [1.165, 1.54) is 5.56 Å². The van der Waals surface area contributed by atoms with Crippen LogP contribution in [0.4, 0.5) is 0 Å². The number of pyridine rings is 1. The molecule has 4 aromatic rings. The molecular weight excluding hydrogens is 392 g/mol. The van der Waals surface area contributed by atoms with Gasteiger partial charge < -0.3 is 13.9 Å². The molecule has 160 valence electrons. The van der Waals surface area contributed by atoms with Crippen molar-refractivity contribution in [2.45, 2.75) is 25.3 Å². The Morgan fingerprint density at radius 2 is 2.06 bits per heavy atom. The zero-order valence-electron chi connectivity index (χ0n) is 17.8. The molecule has 0 bridgehead atoms. The second-order valence-corrected chi connectivity index (χ2v) is 7.94. The SMILES string of the molecule is COc1cccc(-c2ccc3nc(C4CCCN(Cc5ccoc5)C4)nn3c2)c1OC. The molecule has 1 aromatic carbocycles. The Morgan fingerprint density at radius 3 is 2.87 bits per heavy atom. The molecule has 0 amide bonds. The normalized spacial score (nSPS) is 17.2. The monoisotopic (exact) mass is 418 g/mol. The minimum absolute atomic E-state index is 0.329. The first kappa shape index (κ1) is 19.6. The number of ether oxygens (including phenoxy) is 2. The summed E-state index contributed by atoms with van der Waals surface area (Å²) in [5, 5.41) is 4.84. The largest absolute Gasteiger partial charge is 0.493 e. The Morgan fingerprint density at radius 1 is 1.13 bits per heavy atom. The van der Waals surface area contributed by atoms with Crippen molar-refractivity contribution in [3.05, 3.63) is 66.5 Å². The van der Waals surface area contributed by atoms with E-state index in [1.54, 1.807) is 20.5 Å². The van der Waals surface area contributed by atoms with Crippen LogP contribution in [0.15, 0.2) is 59.5 Å². The maximum atomic E-state index is 5.61. The Bertz CT molecular complexity index is 1170. The first-order chi connectivity index (χ1) is 15.2. The van der Waals surface area contributed by atoms with Crippen molar-refractivity contribution in [1.82, 2.24) is 19.5 Å². The van der Waals surface area contributed by atoms with Crippen LogP contribution in [0.2, 0.25) is 0 Å².